The molecule has 1 saturated carbocycles. The predicted octanol–water partition coefficient (Wildman–Crippen LogP) is 3.29. The summed E-state index contributed by atoms with van der Waals surface area (Å²) in [6.45, 7) is 1.93. The molecule has 0 radical (unpaired) electrons. The van der Waals surface area contributed by atoms with Crippen LogP contribution in [0.1, 0.15) is 44.1 Å². The van der Waals surface area contributed by atoms with Crippen LogP contribution in [-0.4, -0.2) is 23.0 Å². The van der Waals surface area contributed by atoms with Crippen molar-refractivity contribution in [2.75, 3.05) is 5.32 Å². The summed E-state index contributed by atoms with van der Waals surface area (Å²) in [4.78, 5) is 16.5. The number of pyridine rings is 1. The molecular formula is C16H22ClN3O. The van der Waals surface area contributed by atoms with E-state index in [-0.39, 0.29) is 11.9 Å². The molecule has 0 spiro atoms. The third-order valence-corrected chi connectivity index (χ3v) is 5.11. The number of piperidine rings is 1. The summed E-state index contributed by atoms with van der Waals surface area (Å²) in [5.41, 5.74) is 1.58. The van der Waals surface area contributed by atoms with Gasteiger partial charge < -0.3 is 10.6 Å². The molecule has 1 aliphatic carbocycles. The van der Waals surface area contributed by atoms with Gasteiger partial charge in [-0.15, -0.1) is 0 Å². The molecule has 1 aromatic heterocycles. The molecule has 1 aliphatic heterocycles. The van der Waals surface area contributed by atoms with Gasteiger partial charge in [-0.2, -0.15) is 0 Å². The van der Waals surface area contributed by atoms with Gasteiger partial charge in [0.1, 0.15) is 0 Å². The summed E-state index contributed by atoms with van der Waals surface area (Å²) >= 11 is 6.08. The molecule has 5 heteroatoms. The van der Waals surface area contributed by atoms with Crippen molar-refractivity contribution < 1.29 is 4.79 Å². The number of hydrogen-bond donors (Lipinski definition) is 2. The first-order chi connectivity index (χ1) is 10.1. The van der Waals surface area contributed by atoms with Crippen LogP contribution < -0.4 is 10.6 Å². The van der Waals surface area contributed by atoms with Crippen LogP contribution in [0.3, 0.4) is 0 Å². The van der Waals surface area contributed by atoms with E-state index in [1.54, 1.807) is 6.20 Å². The number of carbonyl (C=O) groups is 1. The summed E-state index contributed by atoms with van der Waals surface area (Å²) in [7, 11) is 0. The smallest absolute Gasteiger partial charge is 0.241 e. The zero-order valence-corrected chi connectivity index (χ0v) is 13.1. The molecule has 0 bridgehead atoms. The summed E-state index contributed by atoms with van der Waals surface area (Å²) in [6, 6.07) is 2.25. The molecule has 3 atom stereocenters. The maximum absolute atomic E-state index is 12.5. The fourth-order valence-electron chi connectivity index (χ4n) is 3.59. The molecule has 4 nitrogen and oxygen atoms in total. The average molecular weight is 308 g/mol. The average Bonchev–Trinajstić information content (AvgIpc) is 2.50. The Hall–Kier alpha value is -1.13. The highest BCUT2D eigenvalue weighted by molar-refractivity contribution is 6.32. The lowest BCUT2D eigenvalue weighted by Gasteiger charge is -2.39. The number of nitrogens with one attached hydrogen (secondary N) is 2. The third kappa shape index (κ3) is 3.22. The van der Waals surface area contributed by atoms with Crippen molar-refractivity contribution in [3.05, 3.63) is 23.0 Å². The topological polar surface area (TPSA) is 54.0 Å². The van der Waals surface area contributed by atoms with Crippen molar-refractivity contribution in [2.24, 2.45) is 5.92 Å². The normalized spacial score (nSPS) is 28.8. The second kappa shape index (κ2) is 6.32. The molecule has 2 heterocycles. The summed E-state index contributed by atoms with van der Waals surface area (Å²) < 4.78 is 0. The first kappa shape index (κ1) is 14.8. The van der Waals surface area contributed by atoms with Crippen LogP contribution in [0.5, 0.6) is 0 Å². The number of aromatic nitrogens is 1. The van der Waals surface area contributed by atoms with Crippen LogP contribution in [0.2, 0.25) is 5.15 Å². The zero-order valence-electron chi connectivity index (χ0n) is 12.4. The highest BCUT2D eigenvalue weighted by Gasteiger charge is 2.34. The van der Waals surface area contributed by atoms with Crippen molar-refractivity contribution in [3.8, 4) is 0 Å². The van der Waals surface area contributed by atoms with Crippen molar-refractivity contribution >= 4 is 23.2 Å². The lowest BCUT2D eigenvalue weighted by Crippen LogP contribution is -2.53. The van der Waals surface area contributed by atoms with Crippen LogP contribution >= 0.6 is 11.6 Å². The van der Waals surface area contributed by atoms with E-state index >= 15 is 0 Å². The number of hydrogen-bond acceptors (Lipinski definition) is 3. The summed E-state index contributed by atoms with van der Waals surface area (Å²) in [6.07, 6.45) is 8.82. The van der Waals surface area contributed by atoms with Gasteiger partial charge in [-0.3, -0.25) is 4.79 Å². The van der Waals surface area contributed by atoms with E-state index in [1.807, 2.05) is 13.0 Å². The van der Waals surface area contributed by atoms with Crippen molar-refractivity contribution in [1.82, 2.24) is 10.3 Å². The second-order valence-electron chi connectivity index (χ2n) is 6.23. The van der Waals surface area contributed by atoms with E-state index in [2.05, 4.69) is 15.6 Å². The number of halogens is 1. The van der Waals surface area contributed by atoms with E-state index in [0.29, 0.717) is 16.9 Å². The van der Waals surface area contributed by atoms with Gasteiger partial charge in [-0.25, -0.2) is 4.98 Å². The molecule has 114 valence electrons. The maximum atomic E-state index is 12.5. The minimum absolute atomic E-state index is 0.0111. The minimum atomic E-state index is -0.111. The van der Waals surface area contributed by atoms with Gasteiger partial charge in [-0.05, 0) is 50.2 Å². The fourth-order valence-corrected chi connectivity index (χ4v) is 3.84. The fraction of sp³-hybridized carbons (Fsp3) is 0.625. The lowest BCUT2D eigenvalue weighted by atomic mass is 9.77. The van der Waals surface area contributed by atoms with Gasteiger partial charge in [-0.1, -0.05) is 24.4 Å². The van der Waals surface area contributed by atoms with Gasteiger partial charge in [0.05, 0.1) is 11.7 Å². The molecule has 1 aromatic rings. The first-order valence-corrected chi connectivity index (χ1v) is 8.21. The number of rotatable bonds is 2. The van der Waals surface area contributed by atoms with E-state index in [9.17, 15) is 4.79 Å². The highest BCUT2D eigenvalue weighted by Crippen LogP contribution is 2.32. The van der Waals surface area contributed by atoms with Gasteiger partial charge in [0.15, 0.2) is 5.15 Å². The van der Waals surface area contributed by atoms with Gasteiger partial charge in [0, 0.05) is 12.2 Å². The van der Waals surface area contributed by atoms with Crippen LogP contribution in [-0.2, 0) is 4.79 Å². The van der Waals surface area contributed by atoms with Crippen LogP contribution in [0.4, 0.5) is 5.69 Å². The highest BCUT2D eigenvalue weighted by atomic mass is 35.5. The second-order valence-corrected chi connectivity index (χ2v) is 6.59. The maximum Gasteiger partial charge on any atom is 0.241 e. The molecular weight excluding hydrogens is 286 g/mol. The van der Waals surface area contributed by atoms with E-state index in [0.717, 1.165) is 24.3 Å². The Labute approximate surface area is 130 Å². The van der Waals surface area contributed by atoms with E-state index in [4.69, 9.17) is 11.6 Å². The minimum Gasteiger partial charge on any atom is -0.322 e. The number of aryl methyl sites for hydroxylation is 1. The Kier molecular flexibility index (Phi) is 4.45. The third-order valence-electron chi connectivity index (χ3n) is 4.83. The Morgan fingerprint density at radius 3 is 2.95 bits per heavy atom. The largest absolute Gasteiger partial charge is 0.322 e. The lowest BCUT2D eigenvalue weighted by molar-refractivity contribution is -0.119. The number of fused-ring (bicyclic) bond motifs is 1. The molecule has 2 fully saturated rings. The van der Waals surface area contributed by atoms with Crippen molar-refractivity contribution in [2.45, 2.75) is 57.5 Å². The molecule has 3 unspecified atom stereocenters. The van der Waals surface area contributed by atoms with E-state index < -0.39 is 0 Å². The summed E-state index contributed by atoms with van der Waals surface area (Å²) in [5.74, 6) is 0.767. The summed E-state index contributed by atoms with van der Waals surface area (Å²) in [5, 5.41) is 6.84. The Morgan fingerprint density at radius 2 is 2.14 bits per heavy atom. The van der Waals surface area contributed by atoms with Crippen molar-refractivity contribution in [3.63, 3.8) is 0 Å². The molecule has 2 N–H and O–H groups in total. The molecule has 3 rings (SSSR count). The van der Waals surface area contributed by atoms with Gasteiger partial charge in [0.25, 0.3) is 0 Å². The number of anilines is 1. The van der Waals surface area contributed by atoms with Crippen molar-refractivity contribution in [1.29, 1.82) is 0 Å². The molecule has 0 aromatic carbocycles. The standard InChI is InChI=1S/C16H22ClN3O/c1-10-8-9-18-15(17)14(10)20-16(21)13-7-6-11-4-2-3-5-12(11)19-13/h8-9,11-13,19H,2-7H2,1H3,(H,20,21). The Morgan fingerprint density at radius 1 is 1.33 bits per heavy atom. The quantitative estimate of drug-likeness (QED) is 0.824. The zero-order chi connectivity index (χ0) is 14.8. The van der Waals surface area contributed by atoms with Gasteiger partial charge in [0.2, 0.25) is 5.91 Å². The Bertz CT molecular complexity index is 514. The van der Waals surface area contributed by atoms with Crippen LogP contribution in [0, 0.1) is 12.8 Å². The van der Waals surface area contributed by atoms with Gasteiger partial charge >= 0.3 is 0 Å². The number of nitrogens with zero attached hydrogens (tertiary/aromatic N) is 1. The predicted molar refractivity (Wildman–Crippen MR) is 84.5 cm³/mol. The first-order valence-electron chi connectivity index (χ1n) is 7.83. The van der Waals surface area contributed by atoms with E-state index in [1.165, 1.54) is 25.7 Å². The Balaban J connectivity index is 1.66. The molecule has 1 amide bonds. The SMILES string of the molecule is Cc1ccnc(Cl)c1NC(=O)C1CCC2CCCCC2N1. The molecule has 2 aliphatic rings. The number of carbonyl (C=O) groups excluding carboxylic acids is 1. The molecule has 1 saturated heterocycles. The number of amides is 1. The molecule has 21 heavy (non-hydrogen) atoms. The monoisotopic (exact) mass is 307 g/mol. The van der Waals surface area contributed by atoms with Crippen LogP contribution in [0.15, 0.2) is 12.3 Å². The van der Waals surface area contributed by atoms with Crippen LogP contribution in [0.25, 0.3) is 0 Å².